The quantitative estimate of drug-likeness (QED) is 0.845. The number of hydrogen-bond acceptors (Lipinski definition) is 3. The molecule has 0 unspecified atom stereocenters. The highest BCUT2D eigenvalue weighted by molar-refractivity contribution is 6.06. The van der Waals surface area contributed by atoms with Crippen molar-refractivity contribution in [1.82, 2.24) is 5.32 Å². The summed E-state index contributed by atoms with van der Waals surface area (Å²) in [7, 11) is 0. The van der Waals surface area contributed by atoms with E-state index in [0.717, 1.165) is 12.8 Å². The van der Waals surface area contributed by atoms with Crippen molar-refractivity contribution in [3.63, 3.8) is 0 Å². The van der Waals surface area contributed by atoms with Crippen molar-refractivity contribution in [3.8, 4) is 5.75 Å². The topological polar surface area (TPSA) is 67.4 Å². The van der Waals surface area contributed by atoms with Gasteiger partial charge in [-0.05, 0) is 57.0 Å². The molecule has 0 radical (unpaired) electrons. The van der Waals surface area contributed by atoms with Gasteiger partial charge in [-0.2, -0.15) is 0 Å². The Morgan fingerprint density at radius 1 is 1.00 bits per heavy atom. The number of nitrogens with one attached hydrogen (secondary N) is 2. The SMILES string of the molecule is CC(C)Oc1ccccc1NC(=O)c1cccc(C(=O)NC2CC2)c1. The molecule has 0 spiro atoms. The van der Waals surface area contributed by atoms with Crippen LogP contribution in [0.15, 0.2) is 48.5 Å². The van der Waals surface area contributed by atoms with Gasteiger partial charge in [0, 0.05) is 17.2 Å². The number of rotatable bonds is 6. The number of hydrogen-bond donors (Lipinski definition) is 2. The number of carbonyl (C=O) groups is 2. The Balaban J connectivity index is 1.74. The summed E-state index contributed by atoms with van der Waals surface area (Å²) in [6, 6.07) is 14.3. The first-order valence-electron chi connectivity index (χ1n) is 8.51. The van der Waals surface area contributed by atoms with E-state index >= 15 is 0 Å². The minimum absolute atomic E-state index is 0.00694. The summed E-state index contributed by atoms with van der Waals surface area (Å²) in [6.07, 6.45) is 2.06. The Morgan fingerprint density at radius 2 is 1.68 bits per heavy atom. The fourth-order valence-corrected chi connectivity index (χ4v) is 2.42. The molecule has 1 fully saturated rings. The zero-order valence-corrected chi connectivity index (χ0v) is 14.4. The molecular formula is C20H22N2O3. The second-order valence-electron chi connectivity index (χ2n) is 6.45. The Hall–Kier alpha value is -2.82. The van der Waals surface area contributed by atoms with Crippen LogP contribution in [0.1, 0.15) is 47.4 Å². The lowest BCUT2D eigenvalue weighted by molar-refractivity contribution is 0.0951. The fourth-order valence-electron chi connectivity index (χ4n) is 2.42. The third-order valence-corrected chi connectivity index (χ3v) is 3.80. The van der Waals surface area contributed by atoms with Crippen LogP contribution in [0.2, 0.25) is 0 Å². The van der Waals surface area contributed by atoms with Crippen LogP contribution in [-0.2, 0) is 0 Å². The van der Waals surface area contributed by atoms with E-state index in [9.17, 15) is 9.59 Å². The third-order valence-electron chi connectivity index (χ3n) is 3.80. The highest BCUT2D eigenvalue weighted by Gasteiger charge is 2.24. The van der Waals surface area contributed by atoms with E-state index in [1.165, 1.54) is 0 Å². The maximum atomic E-state index is 12.6. The molecule has 2 aromatic carbocycles. The summed E-state index contributed by atoms with van der Waals surface area (Å²) in [5.41, 5.74) is 1.53. The second-order valence-corrected chi connectivity index (χ2v) is 6.45. The summed E-state index contributed by atoms with van der Waals surface area (Å²) in [5.74, 6) is 0.204. The Labute approximate surface area is 147 Å². The molecule has 0 heterocycles. The normalized spacial score (nSPS) is 13.4. The lowest BCUT2D eigenvalue weighted by Gasteiger charge is -2.15. The first-order valence-corrected chi connectivity index (χ1v) is 8.51. The van der Waals surface area contributed by atoms with Crippen molar-refractivity contribution < 1.29 is 14.3 Å². The van der Waals surface area contributed by atoms with Crippen molar-refractivity contribution in [1.29, 1.82) is 0 Å². The van der Waals surface area contributed by atoms with E-state index in [0.29, 0.717) is 22.6 Å². The molecule has 0 atom stereocenters. The van der Waals surface area contributed by atoms with Crippen molar-refractivity contribution in [2.24, 2.45) is 0 Å². The average molecular weight is 338 g/mol. The van der Waals surface area contributed by atoms with Gasteiger partial charge in [-0.1, -0.05) is 18.2 Å². The Bertz CT molecular complexity index is 782. The van der Waals surface area contributed by atoms with Crippen molar-refractivity contribution in [2.45, 2.75) is 38.8 Å². The zero-order chi connectivity index (χ0) is 17.8. The molecule has 2 amide bonds. The Kier molecular flexibility index (Phi) is 5.03. The summed E-state index contributed by atoms with van der Waals surface area (Å²) in [6.45, 7) is 3.86. The predicted octanol–water partition coefficient (Wildman–Crippen LogP) is 3.62. The van der Waals surface area contributed by atoms with Crippen LogP contribution in [0.25, 0.3) is 0 Å². The number of ether oxygens (including phenoxy) is 1. The van der Waals surface area contributed by atoms with Gasteiger partial charge in [0.2, 0.25) is 0 Å². The maximum Gasteiger partial charge on any atom is 0.255 e. The van der Waals surface area contributed by atoms with Gasteiger partial charge in [0.25, 0.3) is 11.8 Å². The van der Waals surface area contributed by atoms with Crippen LogP contribution < -0.4 is 15.4 Å². The van der Waals surface area contributed by atoms with Gasteiger partial charge in [-0.25, -0.2) is 0 Å². The van der Waals surface area contributed by atoms with Gasteiger partial charge >= 0.3 is 0 Å². The van der Waals surface area contributed by atoms with Gasteiger partial charge < -0.3 is 15.4 Å². The molecule has 130 valence electrons. The number of para-hydroxylation sites is 2. The van der Waals surface area contributed by atoms with E-state index in [1.54, 1.807) is 30.3 Å². The maximum absolute atomic E-state index is 12.6. The fraction of sp³-hybridized carbons (Fsp3) is 0.300. The molecule has 2 aromatic rings. The largest absolute Gasteiger partial charge is 0.489 e. The molecular weight excluding hydrogens is 316 g/mol. The van der Waals surface area contributed by atoms with E-state index in [1.807, 2.05) is 32.0 Å². The summed E-state index contributed by atoms with van der Waals surface area (Å²) in [5, 5.41) is 5.78. The standard InChI is InChI=1S/C20H22N2O3/c1-13(2)25-18-9-4-3-8-17(18)22-20(24)15-7-5-6-14(12-15)19(23)21-16-10-11-16/h3-9,12-13,16H,10-11H2,1-2H3,(H,21,23)(H,22,24). The lowest BCUT2D eigenvalue weighted by atomic mass is 10.1. The third kappa shape index (κ3) is 4.59. The molecule has 5 nitrogen and oxygen atoms in total. The van der Waals surface area contributed by atoms with E-state index in [-0.39, 0.29) is 24.0 Å². The molecule has 1 saturated carbocycles. The van der Waals surface area contributed by atoms with Gasteiger partial charge in [-0.3, -0.25) is 9.59 Å². The first kappa shape index (κ1) is 17.0. The van der Waals surface area contributed by atoms with Crippen LogP contribution in [0.4, 0.5) is 5.69 Å². The second kappa shape index (κ2) is 7.38. The number of amides is 2. The molecule has 0 aliphatic heterocycles. The van der Waals surface area contributed by atoms with Gasteiger partial charge in [0.15, 0.2) is 0 Å². The van der Waals surface area contributed by atoms with Crippen molar-refractivity contribution in [2.75, 3.05) is 5.32 Å². The van der Waals surface area contributed by atoms with Crippen LogP contribution in [0.5, 0.6) is 5.75 Å². The first-order chi connectivity index (χ1) is 12.0. The van der Waals surface area contributed by atoms with E-state index < -0.39 is 0 Å². The van der Waals surface area contributed by atoms with Crippen molar-refractivity contribution >= 4 is 17.5 Å². The average Bonchev–Trinajstić information content (AvgIpc) is 3.40. The minimum atomic E-state index is -0.277. The summed E-state index contributed by atoms with van der Waals surface area (Å²) in [4.78, 5) is 24.7. The van der Waals surface area contributed by atoms with Gasteiger partial charge in [0.05, 0.1) is 11.8 Å². The summed E-state index contributed by atoms with van der Waals surface area (Å²) < 4.78 is 5.72. The molecule has 0 bridgehead atoms. The van der Waals surface area contributed by atoms with E-state index in [4.69, 9.17) is 4.74 Å². The zero-order valence-electron chi connectivity index (χ0n) is 14.4. The van der Waals surface area contributed by atoms with Gasteiger partial charge in [0.1, 0.15) is 5.75 Å². The number of anilines is 1. The predicted molar refractivity (Wildman–Crippen MR) is 97.1 cm³/mol. The smallest absolute Gasteiger partial charge is 0.255 e. The molecule has 0 saturated heterocycles. The molecule has 2 N–H and O–H groups in total. The highest BCUT2D eigenvalue weighted by atomic mass is 16.5. The molecule has 25 heavy (non-hydrogen) atoms. The van der Waals surface area contributed by atoms with E-state index in [2.05, 4.69) is 10.6 Å². The Morgan fingerprint density at radius 3 is 2.36 bits per heavy atom. The number of benzene rings is 2. The molecule has 1 aliphatic rings. The number of carbonyl (C=O) groups excluding carboxylic acids is 2. The van der Waals surface area contributed by atoms with Crippen molar-refractivity contribution in [3.05, 3.63) is 59.7 Å². The molecule has 5 heteroatoms. The monoisotopic (exact) mass is 338 g/mol. The highest BCUT2D eigenvalue weighted by Crippen LogP contribution is 2.25. The molecule has 0 aromatic heterocycles. The minimum Gasteiger partial charge on any atom is -0.489 e. The van der Waals surface area contributed by atoms with Crippen LogP contribution in [0, 0.1) is 0 Å². The van der Waals surface area contributed by atoms with Crippen LogP contribution in [-0.4, -0.2) is 24.0 Å². The van der Waals surface area contributed by atoms with Crippen LogP contribution in [0.3, 0.4) is 0 Å². The summed E-state index contributed by atoms with van der Waals surface area (Å²) >= 11 is 0. The molecule has 3 rings (SSSR count). The van der Waals surface area contributed by atoms with Gasteiger partial charge in [-0.15, -0.1) is 0 Å². The molecule has 1 aliphatic carbocycles. The van der Waals surface area contributed by atoms with Crippen LogP contribution >= 0.6 is 0 Å². The lowest BCUT2D eigenvalue weighted by Crippen LogP contribution is -2.25.